The van der Waals surface area contributed by atoms with E-state index in [0.717, 1.165) is 32.4 Å². The smallest absolute Gasteiger partial charge is 0.222 e. The Labute approximate surface area is 201 Å². The summed E-state index contributed by atoms with van der Waals surface area (Å²) in [5.41, 5.74) is 0. The van der Waals surface area contributed by atoms with Gasteiger partial charge >= 0.3 is 0 Å². The second-order valence-electron chi connectivity index (χ2n) is 10.3. The van der Waals surface area contributed by atoms with Gasteiger partial charge in [0.2, 0.25) is 5.91 Å². The summed E-state index contributed by atoms with van der Waals surface area (Å²) in [4.78, 5) is 13.6. The molecule has 0 atom stereocenters. The van der Waals surface area contributed by atoms with Crippen LogP contribution in [0.5, 0.6) is 0 Å². The number of aliphatic hydroxyl groups excluding tert-OH is 1. The van der Waals surface area contributed by atoms with Crippen molar-refractivity contribution < 1.29 is 9.90 Å². The van der Waals surface area contributed by atoms with Crippen LogP contribution in [0.4, 0.5) is 0 Å². The van der Waals surface area contributed by atoms with E-state index in [9.17, 15) is 4.79 Å². The van der Waals surface area contributed by atoms with Crippen molar-refractivity contribution in [3.05, 3.63) is 0 Å². The minimum absolute atomic E-state index is 0.367. The molecule has 0 aromatic rings. The third-order valence-corrected chi connectivity index (χ3v) is 7.26. The maximum atomic E-state index is 11.6. The Kier molecular flexibility index (Phi) is 21.7. The molecule has 190 valence electrons. The van der Waals surface area contributed by atoms with Crippen LogP contribution in [0.3, 0.4) is 0 Å². The minimum atomic E-state index is 0.367. The zero-order valence-electron chi connectivity index (χ0n) is 21.6. The number of amides is 1. The summed E-state index contributed by atoms with van der Waals surface area (Å²) in [6.45, 7) is 2.38. The molecule has 1 amide bonds. The molecule has 1 aliphatic rings. The van der Waals surface area contributed by atoms with Gasteiger partial charge in [-0.05, 0) is 19.3 Å². The highest BCUT2D eigenvalue weighted by Gasteiger charge is 2.18. The number of likely N-dealkylation sites (tertiary alicyclic amines) is 1. The number of rotatable bonds is 25. The molecule has 0 spiro atoms. The largest absolute Gasteiger partial charge is 0.396 e. The van der Waals surface area contributed by atoms with E-state index in [4.69, 9.17) is 5.11 Å². The summed E-state index contributed by atoms with van der Waals surface area (Å²) < 4.78 is 0. The van der Waals surface area contributed by atoms with Crippen LogP contribution < -0.4 is 0 Å². The topological polar surface area (TPSA) is 40.5 Å². The van der Waals surface area contributed by atoms with Crippen LogP contribution in [0.1, 0.15) is 161 Å². The summed E-state index contributed by atoms with van der Waals surface area (Å²) >= 11 is 0. The lowest BCUT2D eigenvalue weighted by Gasteiger charge is -2.14. The van der Waals surface area contributed by atoms with Crippen molar-refractivity contribution in [3.63, 3.8) is 0 Å². The summed E-state index contributed by atoms with van der Waals surface area (Å²) in [5, 5.41) is 8.76. The predicted octanol–water partition coefficient (Wildman–Crippen LogP) is 8.57. The molecular weight excluding hydrogens is 394 g/mol. The number of hydrogen-bond donors (Lipinski definition) is 1. The van der Waals surface area contributed by atoms with Gasteiger partial charge in [0.15, 0.2) is 0 Å². The van der Waals surface area contributed by atoms with Crippen molar-refractivity contribution in [2.24, 2.45) is 0 Å². The Morgan fingerprint density at radius 3 is 1.09 bits per heavy atom. The molecule has 0 bridgehead atoms. The standard InChI is InChI=1S/C29H57NO2/c31-28-23-21-19-17-15-13-11-9-7-5-3-1-2-4-6-8-10-12-14-16-18-20-22-26-30-27-24-25-29(30)32/h31H,1-28H2. The van der Waals surface area contributed by atoms with Gasteiger partial charge in [-0.25, -0.2) is 0 Å². The van der Waals surface area contributed by atoms with Crippen LogP contribution in [0, 0.1) is 0 Å². The van der Waals surface area contributed by atoms with Gasteiger partial charge in [0.25, 0.3) is 0 Å². The molecular formula is C29H57NO2. The zero-order valence-corrected chi connectivity index (χ0v) is 21.6. The van der Waals surface area contributed by atoms with E-state index in [1.165, 1.54) is 141 Å². The first kappa shape index (κ1) is 29.5. The fourth-order valence-electron chi connectivity index (χ4n) is 5.07. The van der Waals surface area contributed by atoms with Gasteiger partial charge in [-0.15, -0.1) is 0 Å². The highest BCUT2D eigenvalue weighted by Crippen LogP contribution is 2.16. The van der Waals surface area contributed by atoms with Gasteiger partial charge in [-0.2, -0.15) is 0 Å². The van der Waals surface area contributed by atoms with Crippen LogP contribution in [0.2, 0.25) is 0 Å². The molecule has 1 N–H and O–H groups in total. The zero-order chi connectivity index (χ0) is 23.0. The van der Waals surface area contributed by atoms with Crippen molar-refractivity contribution >= 4 is 5.91 Å². The van der Waals surface area contributed by atoms with E-state index < -0.39 is 0 Å². The molecule has 1 rings (SSSR count). The van der Waals surface area contributed by atoms with Crippen molar-refractivity contribution in [2.75, 3.05) is 19.7 Å². The van der Waals surface area contributed by atoms with E-state index >= 15 is 0 Å². The van der Waals surface area contributed by atoms with Crippen molar-refractivity contribution in [1.29, 1.82) is 0 Å². The number of nitrogens with zero attached hydrogens (tertiary/aromatic N) is 1. The molecule has 1 fully saturated rings. The van der Waals surface area contributed by atoms with Crippen LogP contribution in [0.15, 0.2) is 0 Å². The highest BCUT2D eigenvalue weighted by molar-refractivity contribution is 5.77. The second-order valence-corrected chi connectivity index (χ2v) is 10.3. The number of aliphatic hydroxyl groups is 1. The normalized spacial score (nSPS) is 14.0. The van der Waals surface area contributed by atoms with E-state index in [0.29, 0.717) is 12.5 Å². The van der Waals surface area contributed by atoms with E-state index in [1.807, 2.05) is 0 Å². The van der Waals surface area contributed by atoms with Crippen LogP contribution >= 0.6 is 0 Å². The third kappa shape index (κ3) is 18.9. The summed E-state index contributed by atoms with van der Waals surface area (Å²) in [7, 11) is 0. The lowest BCUT2D eigenvalue weighted by atomic mass is 10.0. The second kappa shape index (κ2) is 23.6. The first-order chi connectivity index (χ1) is 15.8. The maximum Gasteiger partial charge on any atom is 0.222 e. The average molecular weight is 452 g/mol. The van der Waals surface area contributed by atoms with Gasteiger partial charge in [-0.3, -0.25) is 4.79 Å². The number of carbonyl (C=O) groups is 1. The average Bonchev–Trinajstić information content (AvgIpc) is 3.21. The molecule has 1 aliphatic heterocycles. The Morgan fingerprint density at radius 1 is 0.500 bits per heavy atom. The lowest BCUT2D eigenvalue weighted by molar-refractivity contribution is -0.127. The predicted molar refractivity (Wildman–Crippen MR) is 139 cm³/mol. The number of hydrogen-bond acceptors (Lipinski definition) is 2. The van der Waals surface area contributed by atoms with Gasteiger partial charge in [0.1, 0.15) is 0 Å². The van der Waals surface area contributed by atoms with Crippen LogP contribution in [-0.4, -0.2) is 35.6 Å². The van der Waals surface area contributed by atoms with E-state index in [-0.39, 0.29) is 0 Å². The molecule has 1 heterocycles. The molecule has 0 aromatic carbocycles. The molecule has 3 heteroatoms. The molecule has 3 nitrogen and oxygen atoms in total. The molecule has 0 unspecified atom stereocenters. The van der Waals surface area contributed by atoms with Crippen LogP contribution in [-0.2, 0) is 4.79 Å². The quantitative estimate of drug-likeness (QED) is 0.141. The Hall–Kier alpha value is -0.570. The SMILES string of the molecule is O=C1CCCN1CCCCCCCCCCCCCCCCCCCCCCCCCO. The Balaban J connectivity index is 1.63. The fourth-order valence-corrected chi connectivity index (χ4v) is 5.07. The number of carbonyl (C=O) groups excluding carboxylic acids is 1. The first-order valence-electron chi connectivity index (χ1n) is 14.7. The molecule has 0 radical (unpaired) electrons. The van der Waals surface area contributed by atoms with Crippen molar-refractivity contribution in [3.8, 4) is 0 Å². The lowest BCUT2D eigenvalue weighted by Crippen LogP contribution is -2.25. The molecule has 1 saturated heterocycles. The molecule has 0 aliphatic carbocycles. The van der Waals surface area contributed by atoms with Crippen molar-refractivity contribution in [1.82, 2.24) is 4.90 Å². The van der Waals surface area contributed by atoms with Crippen LogP contribution in [0.25, 0.3) is 0 Å². The minimum Gasteiger partial charge on any atom is -0.396 e. The van der Waals surface area contributed by atoms with Gasteiger partial charge < -0.3 is 10.0 Å². The highest BCUT2D eigenvalue weighted by atomic mass is 16.2. The first-order valence-corrected chi connectivity index (χ1v) is 14.7. The van der Waals surface area contributed by atoms with Gasteiger partial charge in [0, 0.05) is 26.1 Å². The third-order valence-electron chi connectivity index (χ3n) is 7.26. The van der Waals surface area contributed by atoms with Gasteiger partial charge in [0.05, 0.1) is 0 Å². The number of unbranched alkanes of at least 4 members (excludes halogenated alkanes) is 22. The monoisotopic (exact) mass is 451 g/mol. The Bertz CT molecular complexity index is 399. The summed E-state index contributed by atoms with van der Waals surface area (Å²) in [5.74, 6) is 0.383. The van der Waals surface area contributed by atoms with E-state index in [1.54, 1.807) is 0 Å². The fraction of sp³-hybridized carbons (Fsp3) is 0.966. The van der Waals surface area contributed by atoms with E-state index in [2.05, 4.69) is 4.90 Å². The summed E-state index contributed by atoms with van der Waals surface area (Å²) in [6.07, 6.45) is 33.5. The Morgan fingerprint density at radius 2 is 0.812 bits per heavy atom. The molecule has 32 heavy (non-hydrogen) atoms. The maximum absolute atomic E-state index is 11.6. The molecule has 0 saturated carbocycles. The van der Waals surface area contributed by atoms with Crippen molar-refractivity contribution in [2.45, 2.75) is 161 Å². The van der Waals surface area contributed by atoms with Gasteiger partial charge in [-0.1, -0.05) is 135 Å². The summed E-state index contributed by atoms with van der Waals surface area (Å²) in [6, 6.07) is 0. The molecule has 0 aromatic heterocycles.